The molecular weight excluding hydrogens is 258 g/mol. The summed E-state index contributed by atoms with van der Waals surface area (Å²) in [6.45, 7) is 6.38. The van der Waals surface area contributed by atoms with Gasteiger partial charge in [-0.3, -0.25) is 0 Å². The molecular formula is C11H17NOS3. The molecule has 1 aliphatic rings. The summed E-state index contributed by atoms with van der Waals surface area (Å²) in [5, 5.41) is 12.6. The molecule has 90 valence electrons. The zero-order chi connectivity index (χ0) is 11.7. The largest absolute Gasteiger partial charge is 0.388 e. The van der Waals surface area contributed by atoms with E-state index >= 15 is 0 Å². The minimum absolute atomic E-state index is 0.385. The molecule has 0 radical (unpaired) electrons. The molecule has 1 aromatic rings. The lowest BCUT2D eigenvalue weighted by Crippen LogP contribution is -2.21. The maximum absolute atomic E-state index is 9.49. The van der Waals surface area contributed by atoms with Crippen LogP contribution in [0.1, 0.15) is 42.0 Å². The van der Waals surface area contributed by atoms with Crippen molar-refractivity contribution in [3.05, 3.63) is 16.1 Å². The summed E-state index contributed by atoms with van der Waals surface area (Å²) in [4.78, 5) is 5.42. The number of rotatable bonds is 2. The summed E-state index contributed by atoms with van der Waals surface area (Å²) in [7, 11) is 0. The third-order valence-corrected chi connectivity index (χ3v) is 7.61. The molecule has 1 aliphatic heterocycles. The highest BCUT2D eigenvalue weighted by atomic mass is 32.2. The van der Waals surface area contributed by atoms with Gasteiger partial charge in [0.15, 0.2) is 0 Å². The second kappa shape index (κ2) is 5.29. The van der Waals surface area contributed by atoms with E-state index in [4.69, 9.17) is 0 Å². The number of thiazole rings is 1. The molecule has 5 heteroatoms. The summed E-state index contributed by atoms with van der Waals surface area (Å²) >= 11 is 5.70. The van der Waals surface area contributed by atoms with Crippen LogP contribution in [0.15, 0.2) is 6.20 Å². The van der Waals surface area contributed by atoms with Crippen LogP contribution in [-0.2, 0) is 0 Å². The predicted molar refractivity (Wildman–Crippen MR) is 74.5 cm³/mol. The Morgan fingerprint density at radius 2 is 2.19 bits per heavy atom. The van der Waals surface area contributed by atoms with E-state index in [1.54, 1.807) is 18.3 Å². The highest BCUT2D eigenvalue weighted by Gasteiger charge is 2.28. The van der Waals surface area contributed by atoms with E-state index in [1.807, 2.05) is 29.7 Å². The van der Waals surface area contributed by atoms with Gasteiger partial charge in [-0.15, -0.1) is 23.1 Å². The smallest absolute Gasteiger partial charge is 0.107 e. The molecule has 2 heterocycles. The monoisotopic (exact) mass is 275 g/mol. The van der Waals surface area contributed by atoms with Crippen molar-refractivity contribution in [2.75, 3.05) is 5.75 Å². The van der Waals surface area contributed by atoms with Crippen LogP contribution in [0.3, 0.4) is 0 Å². The minimum Gasteiger partial charge on any atom is -0.388 e. The number of aliphatic hydroxyl groups excluding tert-OH is 1. The lowest BCUT2D eigenvalue weighted by Gasteiger charge is -2.30. The second-order valence-electron chi connectivity index (χ2n) is 4.15. The number of thioether (sulfide) groups is 2. The van der Waals surface area contributed by atoms with Crippen molar-refractivity contribution in [2.45, 2.75) is 42.6 Å². The van der Waals surface area contributed by atoms with Crippen LogP contribution >= 0.6 is 34.9 Å². The molecule has 0 aliphatic carbocycles. The molecule has 4 atom stereocenters. The molecule has 16 heavy (non-hydrogen) atoms. The van der Waals surface area contributed by atoms with Crippen molar-refractivity contribution in [1.29, 1.82) is 0 Å². The lowest BCUT2D eigenvalue weighted by molar-refractivity contribution is 0.203. The van der Waals surface area contributed by atoms with Gasteiger partial charge in [-0.1, -0.05) is 13.8 Å². The van der Waals surface area contributed by atoms with Gasteiger partial charge in [0, 0.05) is 22.4 Å². The molecule has 0 spiro atoms. The van der Waals surface area contributed by atoms with Crippen LogP contribution in [-0.4, -0.2) is 26.3 Å². The van der Waals surface area contributed by atoms with Crippen molar-refractivity contribution in [1.82, 2.24) is 4.98 Å². The Kier molecular flexibility index (Phi) is 4.21. The van der Waals surface area contributed by atoms with E-state index in [2.05, 4.69) is 18.8 Å². The first-order chi connectivity index (χ1) is 7.58. The Labute approximate surface area is 109 Å². The summed E-state index contributed by atoms with van der Waals surface area (Å²) < 4.78 is 0. The minimum atomic E-state index is -0.385. The summed E-state index contributed by atoms with van der Waals surface area (Å²) in [5.41, 5.74) is 0. The van der Waals surface area contributed by atoms with E-state index in [-0.39, 0.29) is 6.10 Å². The van der Waals surface area contributed by atoms with E-state index in [0.29, 0.717) is 10.5 Å². The molecule has 0 amide bonds. The molecule has 1 fully saturated rings. The van der Waals surface area contributed by atoms with Crippen LogP contribution in [0.2, 0.25) is 0 Å². The lowest BCUT2D eigenvalue weighted by atomic mass is 10.4. The van der Waals surface area contributed by atoms with Crippen LogP contribution < -0.4 is 0 Å². The zero-order valence-electron chi connectivity index (χ0n) is 9.71. The van der Waals surface area contributed by atoms with Crippen molar-refractivity contribution < 1.29 is 5.11 Å². The Bertz CT molecular complexity index is 353. The Morgan fingerprint density at radius 3 is 2.75 bits per heavy atom. The first kappa shape index (κ1) is 12.7. The van der Waals surface area contributed by atoms with Gasteiger partial charge in [-0.05, 0) is 6.92 Å². The predicted octanol–water partition coefficient (Wildman–Crippen LogP) is 3.49. The van der Waals surface area contributed by atoms with Gasteiger partial charge in [0.05, 0.1) is 16.2 Å². The van der Waals surface area contributed by atoms with Crippen LogP contribution in [0.25, 0.3) is 0 Å². The number of hydrogen-bond donors (Lipinski definition) is 1. The van der Waals surface area contributed by atoms with E-state index < -0.39 is 0 Å². The zero-order valence-corrected chi connectivity index (χ0v) is 12.2. The number of aliphatic hydroxyl groups is 1. The average molecular weight is 275 g/mol. The van der Waals surface area contributed by atoms with Crippen molar-refractivity contribution in [2.24, 2.45) is 0 Å². The molecule has 2 rings (SSSR count). The fraction of sp³-hybridized carbons (Fsp3) is 0.727. The first-order valence-electron chi connectivity index (χ1n) is 5.48. The van der Waals surface area contributed by atoms with Gasteiger partial charge in [-0.2, -0.15) is 11.8 Å². The first-order valence-corrected chi connectivity index (χ1v) is 8.29. The van der Waals surface area contributed by atoms with E-state index in [9.17, 15) is 5.11 Å². The quantitative estimate of drug-likeness (QED) is 0.895. The van der Waals surface area contributed by atoms with Gasteiger partial charge in [-0.25, -0.2) is 4.98 Å². The van der Waals surface area contributed by atoms with Gasteiger partial charge in [0.2, 0.25) is 0 Å². The van der Waals surface area contributed by atoms with Crippen molar-refractivity contribution >= 4 is 34.9 Å². The third kappa shape index (κ3) is 2.75. The molecule has 0 aromatic carbocycles. The van der Waals surface area contributed by atoms with Crippen LogP contribution in [0.4, 0.5) is 0 Å². The topological polar surface area (TPSA) is 33.1 Å². The van der Waals surface area contributed by atoms with Crippen LogP contribution in [0, 0.1) is 0 Å². The molecule has 1 N–H and O–H groups in total. The van der Waals surface area contributed by atoms with Gasteiger partial charge >= 0.3 is 0 Å². The molecule has 0 bridgehead atoms. The summed E-state index contributed by atoms with van der Waals surface area (Å²) in [6.07, 6.45) is 1.43. The standard InChI is InChI=1S/C11H17NOS3/c1-6(13)9-4-12-11(16-9)10-5-14-7(2)8(3)15-10/h4,6-8,10,13H,5H2,1-3H3. The van der Waals surface area contributed by atoms with Gasteiger partial charge in [0.1, 0.15) is 5.01 Å². The number of nitrogens with zero attached hydrogens (tertiary/aromatic N) is 1. The Morgan fingerprint density at radius 1 is 1.44 bits per heavy atom. The highest BCUT2D eigenvalue weighted by Crippen LogP contribution is 2.45. The molecule has 1 saturated heterocycles. The second-order valence-corrected chi connectivity index (χ2v) is 8.23. The third-order valence-electron chi connectivity index (χ3n) is 2.78. The number of hydrogen-bond acceptors (Lipinski definition) is 5. The highest BCUT2D eigenvalue weighted by molar-refractivity contribution is 8.07. The molecule has 4 unspecified atom stereocenters. The van der Waals surface area contributed by atoms with Crippen molar-refractivity contribution in [3.8, 4) is 0 Å². The molecule has 2 nitrogen and oxygen atoms in total. The fourth-order valence-electron chi connectivity index (χ4n) is 1.56. The average Bonchev–Trinajstić information content (AvgIpc) is 2.71. The Balaban J connectivity index is 2.07. The maximum atomic E-state index is 9.49. The van der Waals surface area contributed by atoms with Gasteiger partial charge < -0.3 is 5.11 Å². The van der Waals surface area contributed by atoms with E-state index in [1.165, 1.54) is 5.01 Å². The Hall–Kier alpha value is 0.290. The molecule has 0 saturated carbocycles. The molecule has 1 aromatic heterocycles. The van der Waals surface area contributed by atoms with Gasteiger partial charge in [0.25, 0.3) is 0 Å². The maximum Gasteiger partial charge on any atom is 0.107 e. The van der Waals surface area contributed by atoms with Crippen LogP contribution in [0.5, 0.6) is 0 Å². The van der Waals surface area contributed by atoms with E-state index in [0.717, 1.165) is 15.9 Å². The summed E-state index contributed by atoms with van der Waals surface area (Å²) in [5.74, 6) is 1.14. The SMILES string of the molecule is CC(O)c1cnc(C2CSC(C)C(C)S2)s1. The number of aromatic nitrogens is 1. The fourth-order valence-corrected chi connectivity index (χ4v) is 5.61. The normalized spacial score (nSPS) is 32.6. The summed E-state index contributed by atoms with van der Waals surface area (Å²) in [6, 6.07) is 0. The van der Waals surface area contributed by atoms with Crippen molar-refractivity contribution in [3.63, 3.8) is 0 Å².